The third kappa shape index (κ3) is 9.04. The van der Waals surface area contributed by atoms with Crippen molar-refractivity contribution >= 4 is 23.5 Å². The summed E-state index contributed by atoms with van der Waals surface area (Å²) in [6, 6.07) is 14.8. The van der Waals surface area contributed by atoms with Crippen molar-refractivity contribution in [3.05, 3.63) is 83.9 Å². The standard InChI is InChI=1S/C28H35N5O5/c1-19(2)12-22(16-34)32-27(36)25(13-21-14-29-18-31-21)33-26(35)15-30-24-11-7-6-10-23(24)28(37)38-17-20-8-4-3-5-9-20/h3-11,14,18-19,22,25,30,34H,12-13,15-17H2,1-2H3,(H,29,31)(H,32,36)(H,33,35)/t22-,25-/m0/s1. The van der Waals surface area contributed by atoms with Gasteiger partial charge < -0.3 is 30.8 Å². The molecule has 0 aliphatic carbocycles. The molecule has 1 aromatic heterocycles. The molecule has 0 spiro atoms. The summed E-state index contributed by atoms with van der Waals surface area (Å²) in [5.41, 5.74) is 2.27. The van der Waals surface area contributed by atoms with Crippen LogP contribution < -0.4 is 16.0 Å². The zero-order chi connectivity index (χ0) is 27.3. The minimum atomic E-state index is -0.892. The van der Waals surface area contributed by atoms with E-state index in [1.54, 1.807) is 30.5 Å². The number of nitrogens with one attached hydrogen (secondary N) is 4. The molecule has 0 aliphatic rings. The van der Waals surface area contributed by atoms with Crippen LogP contribution in [0.3, 0.4) is 0 Å². The van der Waals surface area contributed by atoms with Crippen LogP contribution in [0.2, 0.25) is 0 Å². The number of imidazole rings is 1. The number of hydrogen-bond donors (Lipinski definition) is 5. The molecule has 2 aromatic carbocycles. The van der Waals surface area contributed by atoms with Crippen LogP contribution in [0.15, 0.2) is 67.1 Å². The molecule has 3 rings (SSSR count). The van der Waals surface area contributed by atoms with Crippen LogP contribution >= 0.6 is 0 Å². The van der Waals surface area contributed by atoms with Crippen molar-refractivity contribution in [3.8, 4) is 0 Å². The molecule has 10 heteroatoms. The van der Waals surface area contributed by atoms with Crippen LogP contribution in [0.5, 0.6) is 0 Å². The molecule has 0 aliphatic heterocycles. The fourth-order valence-electron chi connectivity index (χ4n) is 3.91. The van der Waals surface area contributed by atoms with Crippen LogP contribution in [0.1, 0.15) is 41.9 Å². The minimum absolute atomic E-state index is 0.129. The maximum Gasteiger partial charge on any atom is 0.340 e. The number of para-hydroxylation sites is 1. The molecule has 10 nitrogen and oxygen atoms in total. The van der Waals surface area contributed by atoms with Gasteiger partial charge in [-0.3, -0.25) is 9.59 Å². The number of carbonyl (C=O) groups is 3. The minimum Gasteiger partial charge on any atom is -0.457 e. The lowest BCUT2D eigenvalue weighted by Gasteiger charge is -2.23. The molecular weight excluding hydrogens is 486 g/mol. The lowest BCUT2D eigenvalue weighted by molar-refractivity contribution is -0.129. The van der Waals surface area contributed by atoms with Crippen LogP contribution in [0, 0.1) is 5.92 Å². The first-order valence-corrected chi connectivity index (χ1v) is 12.6. The second-order valence-corrected chi connectivity index (χ2v) is 9.38. The zero-order valence-corrected chi connectivity index (χ0v) is 21.6. The van der Waals surface area contributed by atoms with Gasteiger partial charge in [0.1, 0.15) is 12.6 Å². The molecule has 2 amide bonds. The Bertz CT molecular complexity index is 1170. The van der Waals surface area contributed by atoms with Gasteiger partial charge in [-0.15, -0.1) is 0 Å². The summed E-state index contributed by atoms with van der Waals surface area (Å²) in [7, 11) is 0. The van der Waals surface area contributed by atoms with E-state index in [2.05, 4.69) is 25.9 Å². The lowest BCUT2D eigenvalue weighted by Crippen LogP contribution is -2.52. The van der Waals surface area contributed by atoms with Crippen molar-refractivity contribution in [2.24, 2.45) is 5.92 Å². The van der Waals surface area contributed by atoms with E-state index in [1.165, 1.54) is 6.33 Å². The van der Waals surface area contributed by atoms with E-state index in [-0.39, 0.29) is 32.1 Å². The molecule has 2 atom stereocenters. The first-order valence-electron chi connectivity index (χ1n) is 12.6. The number of anilines is 1. The van der Waals surface area contributed by atoms with E-state index in [0.717, 1.165) is 5.56 Å². The van der Waals surface area contributed by atoms with Gasteiger partial charge in [-0.25, -0.2) is 9.78 Å². The van der Waals surface area contributed by atoms with E-state index in [0.29, 0.717) is 23.4 Å². The van der Waals surface area contributed by atoms with Crippen molar-refractivity contribution < 1.29 is 24.2 Å². The van der Waals surface area contributed by atoms with Crippen LogP contribution in [0.4, 0.5) is 5.69 Å². The number of aromatic amines is 1. The summed E-state index contributed by atoms with van der Waals surface area (Å²) in [6.45, 7) is 3.75. The first-order chi connectivity index (χ1) is 18.4. The largest absolute Gasteiger partial charge is 0.457 e. The molecule has 0 unspecified atom stereocenters. The third-order valence-corrected chi connectivity index (χ3v) is 5.75. The highest BCUT2D eigenvalue weighted by Gasteiger charge is 2.25. The van der Waals surface area contributed by atoms with Gasteiger partial charge in [-0.1, -0.05) is 56.3 Å². The predicted molar refractivity (Wildman–Crippen MR) is 143 cm³/mol. The SMILES string of the molecule is CC(C)C[C@@H](CO)NC(=O)[C@H](Cc1cnc[nH]1)NC(=O)CNc1ccccc1C(=O)OCc1ccccc1. The van der Waals surface area contributed by atoms with Crippen molar-refractivity contribution in [1.82, 2.24) is 20.6 Å². The number of esters is 1. The summed E-state index contributed by atoms with van der Waals surface area (Å²) in [4.78, 5) is 45.4. The number of amides is 2. The molecule has 0 radical (unpaired) electrons. The summed E-state index contributed by atoms with van der Waals surface area (Å²) in [5.74, 6) is -1.09. The Kier molecular flexibility index (Phi) is 10.9. The molecule has 0 fully saturated rings. The van der Waals surface area contributed by atoms with Gasteiger partial charge in [0.2, 0.25) is 11.8 Å². The Labute approximate surface area is 222 Å². The number of benzene rings is 2. The lowest BCUT2D eigenvalue weighted by atomic mass is 10.0. The number of aliphatic hydroxyl groups is 1. The van der Waals surface area contributed by atoms with E-state index in [1.807, 2.05) is 44.2 Å². The van der Waals surface area contributed by atoms with Gasteiger partial charge in [-0.05, 0) is 30.0 Å². The van der Waals surface area contributed by atoms with Gasteiger partial charge in [0.25, 0.3) is 0 Å². The summed E-state index contributed by atoms with van der Waals surface area (Å²) in [6.07, 6.45) is 3.88. The van der Waals surface area contributed by atoms with E-state index in [4.69, 9.17) is 4.74 Å². The summed E-state index contributed by atoms with van der Waals surface area (Å²) < 4.78 is 5.43. The van der Waals surface area contributed by atoms with E-state index >= 15 is 0 Å². The Morgan fingerprint density at radius 1 is 1.03 bits per heavy atom. The van der Waals surface area contributed by atoms with Crippen molar-refractivity contribution in [2.45, 2.75) is 45.4 Å². The summed E-state index contributed by atoms with van der Waals surface area (Å²) in [5, 5.41) is 18.2. The zero-order valence-electron chi connectivity index (χ0n) is 21.6. The van der Waals surface area contributed by atoms with Gasteiger partial charge in [-0.2, -0.15) is 0 Å². The second kappa shape index (κ2) is 14.5. The molecule has 0 bridgehead atoms. The summed E-state index contributed by atoms with van der Waals surface area (Å²) >= 11 is 0. The average molecular weight is 522 g/mol. The van der Waals surface area contributed by atoms with Crippen molar-refractivity contribution in [2.75, 3.05) is 18.5 Å². The number of aliphatic hydroxyl groups excluding tert-OH is 1. The highest BCUT2D eigenvalue weighted by molar-refractivity contribution is 5.96. The Morgan fingerprint density at radius 3 is 2.45 bits per heavy atom. The third-order valence-electron chi connectivity index (χ3n) is 5.75. The fourth-order valence-corrected chi connectivity index (χ4v) is 3.91. The van der Waals surface area contributed by atoms with E-state index < -0.39 is 29.9 Å². The average Bonchev–Trinajstić information content (AvgIpc) is 3.43. The molecule has 38 heavy (non-hydrogen) atoms. The maximum absolute atomic E-state index is 13.0. The fraction of sp³-hybridized carbons (Fsp3) is 0.357. The Hall–Kier alpha value is -4.18. The van der Waals surface area contributed by atoms with Crippen LogP contribution in [0.25, 0.3) is 0 Å². The van der Waals surface area contributed by atoms with Gasteiger partial charge in [0.15, 0.2) is 0 Å². The molecule has 202 valence electrons. The highest BCUT2D eigenvalue weighted by Crippen LogP contribution is 2.17. The number of aromatic nitrogens is 2. The molecule has 5 N–H and O–H groups in total. The first kappa shape index (κ1) is 28.4. The topological polar surface area (TPSA) is 145 Å². The number of hydrogen-bond acceptors (Lipinski definition) is 7. The Balaban J connectivity index is 1.61. The predicted octanol–water partition coefficient (Wildman–Crippen LogP) is 2.43. The molecule has 3 aromatic rings. The number of rotatable bonds is 14. The number of ether oxygens (including phenoxy) is 1. The second-order valence-electron chi connectivity index (χ2n) is 9.38. The van der Waals surface area contributed by atoms with Crippen molar-refractivity contribution in [1.29, 1.82) is 0 Å². The molecule has 1 heterocycles. The van der Waals surface area contributed by atoms with Crippen molar-refractivity contribution in [3.63, 3.8) is 0 Å². The number of H-pyrrole nitrogens is 1. The van der Waals surface area contributed by atoms with Gasteiger partial charge in [0.05, 0.1) is 31.1 Å². The number of carbonyl (C=O) groups excluding carboxylic acids is 3. The molecular formula is C28H35N5O5. The Morgan fingerprint density at radius 2 is 1.76 bits per heavy atom. The highest BCUT2D eigenvalue weighted by atomic mass is 16.5. The maximum atomic E-state index is 13.0. The monoisotopic (exact) mass is 521 g/mol. The molecule has 0 saturated heterocycles. The smallest absolute Gasteiger partial charge is 0.340 e. The van der Waals surface area contributed by atoms with Gasteiger partial charge in [0, 0.05) is 24.0 Å². The van der Waals surface area contributed by atoms with E-state index in [9.17, 15) is 19.5 Å². The normalized spacial score (nSPS) is 12.4. The molecule has 0 saturated carbocycles. The quantitative estimate of drug-likeness (QED) is 0.205. The van der Waals surface area contributed by atoms with Crippen LogP contribution in [-0.2, 0) is 27.4 Å². The van der Waals surface area contributed by atoms with Crippen LogP contribution in [-0.4, -0.2) is 58.1 Å². The number of nitrogens with zero attached hydrogens (tertiary/aromatic N) is 1. The van der Waals surface area contributed by atoms with Gasteiger partial charge >= 0.3 is 5.97 Å².